The van der Waals surface area contributed by atoms with E-state index < -0.39 is 10.9 Å². The molecule has 4 nitrogen and oxygen atoms in total. The second-order valence-corrected chi connectivity index (χ2v) is 3.84. The minimum atomic E-state index is -2.43. The van der Waals surface area contributed by atoms with Gasteiger partial charge >= 0.3 is 0 Å². The monoisotopic (exact) mass is 208 g/mol. The predicted molar refractivity (Wildman–Crippen MR) is 55.3 cm³/mol. The third-order valence-electron chi connectivity index (χ3n) is 1.75. The summed E-state index contributed by atoms with van der Waals surface area (Å²) in [6.45, 7) is 7.69. The molecule has 13 heavy (non-hydrogen) atoms. The standard InChI is InChI=1S/C8H20N2O2S/c1-3-6-10(7-4-2)8-5-9-13(11)12/h13H,3-8H2,1-2H3,(H,9,11,12). The van der Waals surface area contributed by atoms with Gasteiger partial charge in [0.1, 0.15) is 0 Å². The van der Waals surface area contributed by atoms with Crippen molar-refractivity contribution in [1.29, 1.82) is 0 Å². The molecule has 0 heterocycles. The van der Waals surface area contributed by atoms with Crippen molar-refractivity contribution < 1.29 is 8.42 Å². The number of rotatable bonds is 8. The van der Waals surface area contributed by atoms with Gasteiger partial charge < -0.3 is 4.90 Å². The first-order chi connectivity index (χ1) is 6.20. The van der Waals surface area contributed by atoms with Crippen LogP contribution >= 0.6 is 0 Å². The van der Waals surface area contributed by atoms with Crippen molar-refractivity contribution >= 4 is 10.9 Å². The molecule has 0 atom stereocenters. The molecule has 0 radical (unpaired) electrons. The molecule has 5 heteroatoms. The lowest BCUT2D eigenvalue weighted by atomic mass is 10.3. The Morgan fingerprint density at radius 2 is 1.62 bits per heavy atom. The third-order valence-corrected chi connectivity index (χ3v) is 2.23. The summed E-state index contributed by atoms with van der Waals surface area (Å²) in [5.41, 5.74) is 0. The molecule has 80 valence electrons. The molecule has 0 aromatic carbocycles. The molecule has 0 fully saturated rings. The summed E-state index contributed by atoms with van der Waals surface area (Å²) in [4.78, 5) is 2.27. The number of hydrogen-bond acceptors (Lipinski definition) is 3. The van der Waals surface area contributed by atoms with Crippen molar-refractivity contribution in [2.75, 3.05) is 26.2 Å². The van der Waals surface area contributed by atoms with Crippen LogP contribution in [0.1, 0.15) is 26.7 Å². The molecule has 0 aliphatic heterocycles. The van der Waals surface area contributed by atoms with Crippen LogP contribution in [0.15, 0.2) is 0 Å². The minimum Gasteiger partial charge on any atom is -0.302 e. The van der Waals surface area contributed by atoms with Gasteiger partial charge in [-0.25, -0.2) is 13.1 Å². The first-order valence-electron chi connectivity index (χ1n) is 4.81. The lowest BCUT2D eigenvalue weighted by Gasteiger charge is -2.19. The number of nitrogens with one attached hydrogen (secondary N) is 1. The van der Waals surface area contributed by atoms with Crippen molar-refractivity contribution in [3.05, 3.63) is 0 Å². The highest BCUT2D eigenvalue weighted by atomic mass is 32.2. The molecule has 0 saturated heterocycles. The fraction of sp³-hybridized carbons (Fsp3) is 1.00. The number of thiol groups is 1. The van der Waals surface area contributed by atoms with Crippen molar-refractivity contribution in [3.63, 3.8) is 0 Å². The van der Waals surface area contributed by atoms with Gasteiger partial charge in [0, 0.05) is 13.1 Å². The zero-order valence-electron chi connectivity index (χ0n) is 8.45. The highest BCUT2D eigenvalue weighted by Crippen LogP contribution is 1.92. The van der Waals surface area contributed by atoms with Crippen molar-refractivity contribution in [1.82, 2.24) is 9.62 Å². The molecule has 0 rings (SSSR count). The van der Waals surface area contributed by atoms with Gasteiger partial charge in [-0.05, 0) is 25.9 Å². The van der Waals surface area contributed by atoms with E-state index in [0.717, 1.165) is 32.5 Å². The first kappa shape index (κ1) is 12.9. The Hall–Kier alpha value is -0.130. The van der Waals surface area contributed by atoms with Crippen LogP contribution in [-0.4, -0.2) is 39.5 Å². The maximum atomic E-state index is 10.2. The van der Waals surface area contributed by atoms with Gasteiger partial charge in [0.05, 0.1) is 0 Å². The maximum Gasteiger partial charge on any atom is 0.201 e. The van der Waals surface area contributed by atoms with E-state index in [9.17, 15) is 8.42 Å². The Balaban J connectivity index is 3.55. The zero-order chi connectivity index (χ0) is 10.1. The van der Waals surface area contributed by atoms with E-state index in [1.165, 1.54) is 0 Å². The van der Waals surface area contributed by atoms with Crippen molar-refractivity contribution in [2.45, 2.75) is 26.7 Å². The summed E-state index contributed by atoms with van der Waals surface area (Å²) in [6.07, 6.45) is 2.23. The van der Waals surface area contributed by atoms with Crippen LogP contribution in [0.3, 0.4) is 0 Å². The normalized spacial score (nSPS) is 11.4. The maximum absolute atomic E-state index is 10.2. The van der Waals surface area contributed by atoms with Crippen LogP contribution in [0.4, 0.5) is 0 Å². The van der Waals surface area contributed by atoms with E-state index in [1.54, 1.807) is 0 Å². The quantitative estimate of drug-likeness (QED) is 0.561. The van der Waals surface area contributed by atoms with Crippen LogP contribution in [-0.2, 0) is 10.9 Å². The largest absolute Gasteiger partial charge is 0.302 e. The smallest absolute Gasteiger partial charge is 0.201 e. The Kier molecular flexibility index (Phi) is 8.38. The van der Waals surface area contributed by atoms with E-state index in [-0.39, 0.29) is 0 Å². The fourth-order valence-corrected chi connectivity index (χ4v) is 1.55. The van der Waals surface area contributed by atoms with E-state index in [4.69, 9.17) is 0 Å². The fourth-order valence-electron chi connectivity index (χ4n) is 1.27. The third kappa shape index (κ3) is 8.21. The molecule has 0 aromatic heterocycles. The lowest BCUT2D eigenvalue weighted by molar-refractivity contribution is 0.279. The molecule has 0 amide bonds. The topological polar surface area (TPSA) is 49.4 Å². The van der Waals surface area contributed by atoms with Gasteiger partial charge in [0.15, 0.2) is 0 Å². The van der Waals surface area contributed by atoms with Gasteiger partial charge in [-0.2, -0.15) is 0 Å². The van der Waals surface area contributed by atoms with Crippen LogP contribution in [0, 0.1) is 0 Å². The summed E-state index contributed by atoms with van der Waals surface area (Å²) in [5, 5.41) is 0. The second-order valence-electron chi connectivity index (χ2n) is 3.01. The molecule has 0 aromatic rings. The van der Waals surface area contributed by atoms with E-state index >= 15 is 0 Å². The average molecular weight is 208 g/mol. The molecule has 0 aliphatic carbocycles. The summed E-state index contributed by atoms with van der Waals surface area (Å²) in [7, 11) is -2.43. The SMILES string of the molecule is CCCN(CCC)CCN[SH](=O)=O. The highest BCUT2D eigenvalue weighted by molar-refractivity contribution is 7.70. The zero-order valence-corrected chi connectivity index (χ0v) is 9.35. The second kappa shape index (κ2) is 8.47. The Morgan fingerprint density at radius 3 is 2.00 bits per heavy atom. The molecular formula is C8H20N2O2S. The summed E-state index contributed by atoms with van der Waals surface area (Å²) < 4.78 is 22.8. The van der Waals surface area contributed by atoms with Crippen LogP contribution in [0.2, 0.25) is 0 Å². The van der Waals surface area contributed by atoms with Crippen LogP contribution in [0.5, 0.6) is 0 Å². The van der Waals surface area contributed by atoms with Crippen LogP contribution < -0.4 is 4.72 Å². The predicted octanol–water partition coefficient (Wildman–Crippen LogP) is 0.224. The van der Waals surface area contributed by atoms with Gasteiger partial charge in [-0.1, -0.05) is 13.8 Å². The summed E-state index contributed by atoms with van der Waals surface area (Å²) in [5.74, 6) is 0. The Morgan fingerprint density at radius 1 is 1.08 bits per heavy atom. The van der Waals surface area contributed by atoms with Crippen molar-refractivity contribution in [3.8, 4) is 0 Å². The Labute approximate surface area is 82.4 Å². The molecule has 0 unspecified atom stereocenters. The summed E-state index contributed by atoms with van der Waals surface area (Å²) >= 11 is 0. The summed E-state index contributed by atoms with van der Waals surface area (Å²) in [6, 6.07) is 0. The number of hydrogen-bond donors (Lipinski definition) is 2. The van der Waals surface area contributed by atoms with E-state index in [0.29, 0.717) is 6.54 Å². The minimum absolute atomic E-state index is 0.526. The lowest BCUT2D eigenvalue weighted by Crippen LogP contribution is -2.32. The van der Waals surface area contributed by atoms with Gasteiger partial charge in [-0.15, -0.1) is 0 Å². The Bertz CT molecular complexity index is 169. The molecule has 1 N–H and O–H groups in total. The van der Waals surface area contributed by atoms with Gasteiger partial charge in [0.25, 0.3) is 0 Å². The molecule has 0 bridgehead atoms. The van der Waals surface area contributed by atoms with Crippen LogP contribution in [0.25, 0.3) is 0 Å². The molecule has 0 spiro atoms. The van der Waals surface area contributed by atoms with Crippen molar-refractivity contribution in [2.24, 2.45) is 0 Å². The van der Waals surface area contributed by atoms with Gasteiger partial charge in [-0.3, -0.25) is 0 Å². The van der Waals surface area contributed by atoms with E-state index in [1.807, 2.05) is 0 Å². The number of nitrogens with zero attached hydrogens (tertiary/aromatic N) is 1. The molecule has 0 saturated carbocycles. The molecular weight excluding hydrogens is 188 g/mol. The van der Waals surface area contributed by atoms with E-state index in [2.05, 4.69) is 23.5 Å². The highest BCUT2D eigenvalue weighted by Gasteiger charge is 2.00. The first-order valence-corrected chi connectivity index (χ1v) is 5.98. The van der Waals surface area contributed by atoms with Gasteiger partial charge in [0.2, 0.25) is 10.9 Å². The molecule has 0 aliphatic rings. The average Bonchev–Trinajstić information content (AvgIpc) is 2.04.